The van der Waals surface area contributed by atoms with Gasteiger partial charge in [0, 0.05) is 26.4 Å². The number of hydrogen-bond donors (Lipinski definition) is 2. The topological polar surface area (TPSA) is 88.5 Å². The van der Waals surface area contributed by atoms with Crippen LogP contribution in [0.25, 0.3) is 0 Å². The highest BCUT2D eigenvalue weighted by molar-refractivity contribution is 7.80. The maximum Gasteiger partial charge on any atom is 0.341 e. The van der Waals surface area contributed by atoms with Crippen LogP contribution in [0.2, 0.25) is 0 Å². The van der Waals surface area contributed by atoms with Gasteiger partial charge in [0.2, 0.25) is 0 Å². The minimum Gasteiger partial charge on any atom is -0.465 e. The Morgan fingerprint density at radius 3 is 2.35 bits per heavy atom. The van der Waals surface area contributed by atoms with E-state index in [2.05, 4.69) is 21.5 Å². The van der Waals surface area contributed by atoms with Crippen LogP contribution in [0.4, 0.5) is 10.8 Å². The second-order valence-corrected chi connectivity index (χ2v) is 11.7. The van der Waals surface area contributed by atoms with Gasteiger partial charge in [-0.05, 0) is 81.0 Å². The fourth-order valence-electron chi connectivity index (χ4n) is 6.61. The van der Waals surface area contributed by atoms with Crippen molar-refractivity contribution in [2.45, 2.75) is 51.0 Å². The zero-order chi connectivity index (χ0) is 24.2. The van der Waals surface area contributed by atoms with E-state index in [9.17, 15) is 9.59 Å². The molecule has 2 N–H and O–H groups in total. The fraction of sp³-hybridized carbons (Fsp3) is 0.583. The third kappa shape index (κ3) is 4.00. The summed E-state index contributed by atoms with van der Waals surface area (Å²) in [7, 11) is 4.68. The molecule has 0 radical (unpaired) electrons. The number of nitrogens with zero attached hydrogens (tertiary/aromatic N) is 3. The third-order valence-electron chi connectivity index (χ3n) is 7.69. The number of carbonyl (C=O) groups is 2. The van der Waals surface area contributed by atoms with Crippen molar-refractivity contribution in [2.24, 2.45) is 17.8 Å². The molecule has 0 spiro atoms. The molecule has 4 aliphatic carbocycles. The summed E-state index contributed by atoms with van der Waals surface area (Å²) >= 11 is 6.73. The molecule has 34 heavy (non-hydrogen) atoms. The van der Waals surface area contributed by atoms with Gasteiger partial charge in [-0.2, -0.15) is 5.10 Å². The van der Waals surface area contributed by atoms with Gasteiger partial charge in [0.25, 0.3) is 5.91 Å². The molecule has 0 atom stereocenters. The first-order chi connectivity index (χ1) is 16.2. The molecule has 10 heteroatoms. The molecule has 4 saturated carbocycles. The van der Waals surface area contributed by atoms with Gasteiger partial charge < -0.3 is 20.3 Å². The van der Waals surface area contributed by atoms with Gasteiger partial charge in [-0.1, -0.05) is 0 Å². The van der Waals surface area contributed by atoms with Crippen LogP contribution < -0.4 is 10.6 Å². The van der Waals surface area contributed by atoms with E-state index in [1.165, 1.54) is 61.9 Å². The first-order valence-electron chi connectivity index (χ1n) is 11.8. The van der Waals surface area contributed by atoms with E-state index in [-0.39, 0.29) is 11.4 Å². The first-order valence-corrected chi connectivity index (χ1v) is 13.0. The normalized spacial score (nSPS) is 26.9. The summed E-state index contributed by atoms with van der Waals surface area (Å²) < 4.78 is 7.13. The minimum absolute atomic E-state index is 0.147. The molecule has 0 saturated heterocycles. The van der Waals surface area contributed by atoms with E-state index in [0.29, 0.717) is 31.9 Å². The molecule has 1 amide bonds. The highest BCUT2D eigenvalue weighted by atomic mass is 32.1. The van der Waals surface area contributed by atoms with Crippen molar-refractivity contribution in [2.75, 3.05) is 31.8 Å². The van der Waals surface area contributed by atoms with Crippen molar-refractivity contribution in [1.29, 1.82) is 0 Å². The van der Waals surface area contributed by atoms with Gasteiger partial charge in [-0.15, -0.1) is 11.3 Å². The molecular formula is C24H31N5O3S2. The molecule has 4 aliphatic rings. The first kappa shape index (κ1) is 23.3. The summed E-state index contributed by atoms with van der Waals surface area (Å²) in [6.07, 6.45) is 9.91. The molecule has 2 aromatic rings. The van der Waals surface area contributed by atoms with E-state index in [1.807, 2.05) is 6.07 Å². The van der Waals surface area contributed by atoms with Crippen molar-refractivity contribution in [3.8, 4) is 0 Å². The number of rotatable bonds is 5. The number of amides is 1. The van der Waals surface area contributed by atoms with Crippen molar-refractivity contribution >= 4 is 51.4 Å². The van der Waals surface area contributed by atoms with Crippen molar-refractivity contribution in [3.05, 3.63) is 28.3 Å². The maximum atomic E-state index is 12.6. The second-order valence-electron chi connectivity index (χ2n) is 10.3. The van der Waals surface area contributed by atoms with Crippen LogP contribution in [0.1, 0.15) is 64.1 Å². The Labute approximate surface area is 209 Å². The smallest absolute Gasteiger partial charge is 0.341 e. The van der Waals surface area contributed by atoms with E-state index in [1.54, 1.807) is 21.0 Å². The summed E-state index contributed by atoms with van der Waals surface area (Å²) in [5.41, 5.74) is 1.04. The van der Waals surface area contributed by atoms with Crippen LogP contribution >= 0.6 is 23.6 Å². The number of esters is 1. The van der Waals surface area contributed by atoms with Crippen molar-refractivity contribution in [1.82, 2.24) is 14.7 Å². The summed E-state index contributed by atoms with van der Waals surface area (Å²) in [6, 6.07) is 1.95. The Hall–Kier alpha value is -2.46. The minimum atomic E-state index is -0.511. The van der Waals surface area contributed by atoms with Gasteiger partial charge in [-0.25, -0.2) is 4.79 Å². The molecule has 0 aromatic carbocycles. The highest BCUT2D eigenvalue weighted by Gasteiger charge is 2.52. The lowest BCUT2D eigenvalue weighted by atomic mass is 9.53. The zero-order valence-corrected chi connectivity index (χ0v) is 21.6. The Morgan fingerprint density at radius 1 is 1.18 bits per heavy atom. The van der Waals surface area contributed by atoms with Gasteiger partial charge in [0.15, 0.2) is 10.9 Å². The second kappa shape index (κ2) is 8.64. The predicted octanol–water partition coefficient (Wildman–Crippen LogP) is 4.48. The molecule has 4 bridgehead atoms. The Morgan fingerprint density at radius 2 is 1.79 bits per heavy atom. The quantitative estimate of drug-likeness (QED) is 0.461. The summed E-state index contributed by atoms with van der Waals surface area (Å²) in [5.74, 6) is 2.51. The van der Waals surface area contributed by atoms with Crippen molar-refractivity contribution in [3.63, 3.8) is 0 Å². The molecule has 2 aromatic heterocycles. The molecule has 8 nitrogen and oxygen atoms in total. The van der Waals surface area contributed by atoms with Gasteiger partial charge in [-0.3, -0.25) is 9.48 Å². The van der Waals surface area contributed by atoms with Crippen LogP contribution in [0.3, 0.4) is 0 Å². The van der Waals surface area contributed by atoms with Gasteiger partial charge in [0.05, 0.1) is 23.1 Å². The van der Waals surface area contributed by atoms with E-state index in [4.69, 9.17) is 22.1 Å². The Bertz CT molecular complexity index is 1120. The van der Waals surface area contributed by atoms with Crippen LogP contribution in [-0.2, 0) is 10.3 Å². The Kier molecular flexibility index (Phi) is 5.92. The van der Waals surface area contributed by atoms with Gasteiger partial charge in [0.1, 0.15) is 5.00 Å². The van der Waals surface area contributed by atoms with Crippen LogP contribution in [-0.4, -0.2) is 52.9 Å². The van der Waals surface area contributed by atoms with Crippen molar-refractivity contribution < 1.29 is 14.3 Å². The van der Waals surface area contributed by atoms with Crippen LogP contribution in [0, 0.1) is 24.7 Å². The standard InChI is InChI=1S/C24H31N5O3S2/c1-13-18(22(31)32-4)20(34-19(13)21(30)28(2)3)26-23(33)25-17-5-6-29(27-17)24-10-14-7-15(11-24)9-16(8-14)12-24/h5-6,14-16H,7-12H2,1-4H3,(H2,25,26,27,33). The zero-order valence-electron chi connectivity index (χ0n) is 20.0. The molecule has 4 fully saturated rings. The highest BCUT2D eigenvalue weighted by Crippen LogP contribution is 2.58. The number of carbonyl (C=O) groups excluding carboxylic acids is 2. The lowest BCUT2D eigenvalue weighted by Crippen LogP contribution is -2.52. The lowest BCUT2D eigenvalue weighted by molar-refractivity contribution is -0.0492. The molecule has 0 aliphatic heterocycles. The molecular weight excluding hydrogens is 470 g/mol. The van der Waals surface area contributed by atoms with Gasteiger partial charge >= 0.3 is 5.97 Å². The number of thiocarbonyl (C=S) groups is 1. The van der Waals surface area contributed by atoms with E-state index in [0.717, 1.165) is 17.8 Å². The molecule has 2 heterocycles. The number of aromatic nitrogens is 2. The fourth-order valence-corrected chi connectivity index (χ4v) is 8.10. The van der Waals surface area contributed by atoms with E-state index >= 15 is 0 Å². The summed E-state index contributed by atoms with van der Waals surface area (Å²) in [6.45, 7) is 1.74. The SMILES string of the molecule is COC(=O)c1c(NC(=S)Nc2ccn(C34CC5CC(CC(C5)C3)C4)n2)sc(C(=O)N(C)C)c1C. The monoisotopic (exact) mass is 501 g/mol. The van der Waals surface area contributed by atoms with Crippen LogP contribution in [0.15, 0.2) is 12.3 Å². The predicted molar refractivity (Wildman–Crippen MR) is 137 cm³/mol. The lowest BCUT2D eigenvalue weighted by Gasteiger charge is -2.56. The number of methoxy groups -OCH3 is 1. The van der Waals surface area contributed by atoms with E-state index < -0.39 is 5.97 Å². The molecule has 182 valence electrons. The number of ether oxygens (including phenoxy) is 1. The largest absolute Gasteiger partial charge is 0.465 e. The average Bonchev–Trinajstić information content (AvgIpc) is 3.36. The maximum absolute atomic E-state index is 12.6. The molecule has 0 unspecified atom stereocenters. The third-order valence-corrected chi connectivity index (χ3v) is 9.09. The average molecular weight is 502 g/mol. The number of nitrogens with one attached hydrogen (secondary N) is 2. The number of hydrogen-bond acceptors (Lipinski definition) is 6. The summed E-state index contributed by atoms with van der Waals surface area (Å²) in [5, 5.41) is 11.9. The summed E-state index contributed by atoms with van der Waals surface area (Å²) in [4.78, 5) is 27.0. The molecule has 6 rings (SSSR count). The Balaban J connectivity index is 1.33. The number of anilines is 2. The van der Waals surface area contributed by atoms with Crippen LogP contribution in [0.5, 0.6) is 0 Å². The number of thiophene rings is 1.